The van der Waals surface area contributed by atoms with Gasteiger partial charge in [0, 0.05) is 12.6 Å². The Morgan fingerprint density at radius 3 is 2.11 bits per heavy atom. The minimum atomic E-state index is -4.11. The molecule has 0 aliphatic heterocycles. The Balaban J connectivity index is 2.43. The Morgan fingerprint density at radius 2 is 1.72 bits per heavy atom. The van der Waals surface area contributed by atoms with Gasteiger partial charge in [-0.15, -0.1) is 0 Å². The van der Waals surface area contributed by atoms with E-state index in [1.807, 2.05) is 0 Å². The van der Waals surface area contributed by atoms with Crippen LogP contribution in [0.2, 0.25) is 0 Å². The lowest BCUT2D eigenvalue weighted by atomic mass is 9.84. The van der Waals surface area contributed by atoms with Crippen LogP contribution in [-0.2, 0) is 4.79 Å². The van der Waals surface area contributed by atoms with Gasteiger partial charge in [-0.05, 0) is 39.5 Å². The number of amides is 1. The molecule has 0 unspecified atom stereocenters. The zero-order chi connectivity index (χ0) is 14.0. The van der Waals surface area contributed by atoms with Gasteiger partial charge in [0.2, 0.25) is 5.91 Å². The maximum atomic E-state index is 12.5. The van der Waals surface area contributed by atoms with Gasteiger partial charge in [-0.1, -0.05) is 0 Å². The maximum Gasteiger partial charge on any atom is 0.391 e. The van der Waals surface area contributed by atoms with E-state index in [4.69, 9.17) is 5.73 Å². The van der Waals surface area contributed by atoms with Crippen LogP contribution in [0.5, 0.6) is 0 Å². The fourth-order valence-electron chi connectivity index (χ4n) is 2.04. The first-order valence-corrected chi connectivity index (χ1v) is 6.24. The van der Waals surface area contributed by atoms with Crippen LogP contribution in [0.1, 0.15) is 39.5 Å². The lowest BCUT2D eigenvalue weighted by molar-refractivity contribution is -0.182. The van der Waals surface area contributed by atoms with E-state index in [9.17, 15) is 18.0 Å². The lowest BCUT2D eigenvalue weighted by Gasteiger charge is -2.32. The molecule has 1 fully saturated rings. The molecule has 0 heterocycles. The summed E-state index contributed by atoms with van der Waals surface area (Å²) in [5.74, 6) is -1.39. The van der Waals surface area contributed by atoms with Crippen LogP contribution < -0.4 is 11.1 Å². The van der Waals surface area contributed by atoms with Crippen LogP contribution in [0.15, 0.2) is 0 Å². The van der Waals surface area contributed by atoms with E-state index in [-0.39, 0.29) is 31.3 Å². The second kappa shape index (κ2) is 5.47. The first-order valence-electron chi connectivity index (χ1n) is 6.24. The van der Waals surface area contributed by atoms with Crippen molar-refractivity contribution in [1.29, 1.82) is 0 Å². The van der Waals surface area contributed by atoms with Crippen molar-refractivity contribution in [3.63, 3.8) is 0 Å². The Hall–Kier alpha value is -0.780. The van der Waals surface area contributed by atoms with Crippen molar-refractivity contribution in [2.45, 2.75) is 51.7 Å². The summed E-state index contributed by atoms with van der Waals surface area (Å²) in [6, 6.07) is -0.151. The molecule has 3 nitrogen and oxygen atoms in total. The third-order valence-electron chi connectivity index (χ3n) is 3.65. The zero-order valence-electron chi connectivity index (χ0n) is 10.8. The number of carbonyl (C=O) groups is 1. The largest absolute Gasteiger partial charge is 0.391 e. The molecule has 3 N–H and O–H groups in total. The highest BCUT2D eigenvalue weighted by Gasteiger charge is 2.42. The summed E-state index contributed by atoms with van der Waals surface area (Å²) in [5.41, 5.74) is 4.82. The van der Waals surface area contributed by atoms with Crippen molar-refractivity contribution in [3.8, 4) is 0 Å². The molecule has 0 atom stereocenters. The molecular weight excluding hydrogens is 245 g/mol. The van der Waals surface area contributed by atoms with E-state index < -0.39 is 17.5 Å². The highest BCUT2D eigenvalue weighted by Crippen LogP contribution is 2.37. The van der Waals surface area contributed by atoms with Crippen LogP contribution in [0.3, 0.4) is 0 Å². The predicted molar refractivity (Wildman–Crippen MR) is 62.8 cm³/mol. The Bertz CT molecular complexity index is 294. The van der Waals surface area contributed by atoms with Crippen molar-refractivity contribution in [1.82, 2.24) is 5.32 Å². The SMILES string of the molecule is CC(C)(CN)C(=O)NC1CCC(C(F)(F)F)CC1. The molecule has 1 saturated carbocycles. The number of carbonyl (C=O) groups excluding carboxylic acids is 1. The first kappa shape index (κ1) is 15.3. The summed E-state index contributed by atoms with van der Waals surface area (Å²) in [6.07, 6.45) is -3.15. The monoisotopic (exact) mass is 266 g/mol. The van der Waals surface area contributed by atoms with Gasteiger partial charge in [-0.3, -0.25) is 4.79 Å². The molecule has 0 spiro atoms. The third-order valence-corrected chi connectivity index (χ3v) is 3.65. The van der Waals surface area contributed by atoms with Gasteiger partial charge in [-0.25, -0.2) is 0 Å². The zero-order valence-corrected chi connectivity index (χ0v) is 10.8. The third kappa shape index (κ3) is 3.86. The molecule has 106 valence electrons. The van der Waals surface area contributed by atoms with Gasteiger partial charge in [0.1, 0.15) is 0 Å². The van der Waals surface area contributed by atoms with Crippen LogP contribution in [-0.4, -0.2) is 24.7 Å². The van der Waals surface area contributed by atoms with Gasteiger partial charge in [-0.2, -0.15) is 13.2 Å². The van der Waals surface area contributed by atoms with Crippen molar-refractivity contribution in [2.75, 3.05) is 6.54 Å². The van der Waals surface area contributed by atoms with Crippen LogP contribution in [0.25, 0.3) is 0 Å². The molecule has 6 heteroatoms. The number of alkyl halides is 3. The first-order chi connectivity index (χ1) is 8.16. The second-order valence-corrected chi connectivity index (χ2v) is 5.65. The van der Waals surface area contributed by atoms with Gasteiger partial charge in [0.25, 0.3) is 0 Å². The van der Waals surface area contributed by atoms with Gasteiger partial charge < -0.3 is 11.1 Å². The Labute approximate surface area is 105 Å². The molecule has 0 saturated heterocycles. The fourth-order valence-corrected chi connectivity index (χ4v) is 2.04. The van der Waals surface area contributed by atoms with Crippen molar-refractivity contribution in [2.24, 2.45) is 17.1 Å². The van der Waals surface area contributed by atoms with E-state index in [1.165, 1.54) is 0 Å². The Morgan fingerprint density at radius 1 is 1.22 bits per heavy atom. The lowest BCUT2D eigenvalue weighted by Crippen LogP contribution is -2.47. The van der Waals surface area contributed by atoms with Gasteiger partial charge in [0.15, 0.2) is 0 Å². The Kier molecular flexibility index (Phi) is 4.64. The maximum absolute atomic E-state index is 12.5. The average molecular weight is 266 g/mol. The van der Waals surface area contributed by atoms with Crippen LogP contribution >= 0.6 is 0 Å². The van der Waals surface area contributed by atoms with Gasteiger partial charge in [0.05, 0.1) is 11.3 Å². The number of nitrogens with two attached hydrogens (primary N) is 1. The summed E-state index contributed by atoms with van der Waals surface area (Å²) in [7, 11) is 0. The molecule has 18 heavy (non-hydrogen) atoms. The van der Waals surface area contributed by atoms with Crippen LogP contribution in [0, 0.1) is 11.3 Å². The summed E-state index contributed by atoms with van der Waals surface area (Å²) >= 11 is 0. The fraction of sp³-hybridized carbons (Fsp3) is 0.917. The normalized spacial score (nSPS) is 25.9. The number of halogens is 3. The highest BCUT2D eigenvalue weighted by atomic mass is 19.4. The molecular formula is C12H21F3N2O. The minimum Gasteiger partial charge on any atom is -0.353 e. The van der Waals surface area contributed by atoms with E-state index in [0.29, 0.717) is 12.8 Å². The number of rotatable bonds is 3. The van der Waals surface area contributed by atoms with E-state index in [1.54, 1.807) is 13.8 Å². The quantitative estimate of drug-likeness (QED) is 0.823. The molecule has 0 aromatic carbocycles. The van der Waals surface area contributed by atoms with E-state index in [0.717, 1.165) is 0 Å². The molecule has 0 radical (unpaired) electrons. The summed E-state index contributed by atoms with van der Waals surface area (Å²) in [6.45, 7) is 3.67. The van der Waals surface area contributed by atoms with Gasteiger partial charge >= 0.3 is 6.18 Å². The molecule has 1 aliphatic carbocycles. The molecule has 1 rings (SSSR count). The molecule has 1 amide bonds. The minimum absolute atomic E-state index is 0.0947. The molecule has 0 aromatic heterocycles. The van der Waals surface area contributed by atoms with E-state index in [2.05, 4.69) is 5.32 Å². The summed E-state index contributed by atoms with van der Waals surface area (Å²) in [4.78, 5) is 11.8. The second-order valence-electron chi connectivity index (χ2n) is 5.65. The standard InChI is InChI=1S/C12H21F3N2O/c1-11(2,7-16)10(18)17-9-5-3-8(4-6-9)12(13,14)15/h8-9H,3-7,16H2,1-2H3,(H,17,18). The molecule has 1 aliphatic rings. The summed E-state index contributed by atoms with van der Waals surface area (Å²) < 4.78 is 37.4. The number of nitrogens with one attached hydrogen (secondary N) is 1. The summed E-state index contributed by atoms with van der Waals surface area (Å²) in [5, 5.41) is 2.80. The predicted octanol–water partition coefficient (Wildman–Crippen LogP) is 2.21. The molecule has 0 bridgehead atoms. The average Bonchev–Trinajstić information content (AvgIpc) is 2.28. The molecule has 0 aromatic rings. The van der Waals surface area contributed by atoms with Crippen molar-refractivity contribution < 1.29 is 18.0 Å². The highest BCUT2D eigenvalue weighted by molar-refractivity contribution is 5.82. The van der Waals surface area contributed by atoms with Crippen molar-refractivity contribution >= 4 is 5.91 Å². The van der Waals surface area contributed by atoms with Crippen LogP contribution in [0.4, 0.5) is 13.2 Å². The topological polar surface area (TPSA) is 55.1 Å². The number of hydrogen-bond acceptors (Lipinski definition) is 2. The number of hydrogen-bond donors (Lipinski definition) is 2. The van der Waals surface area contributed by atoms with E-state index >= 15 is 0 Å². The van der Waals surface area contributed by atoms with Crippen molar-refractivity contribution in [3.05, 3.63) is 0 Å². The smallest absolute Gasteiger partial charge is 0.353 e.